The quantitative estimate of drug-likeness (QED) is 0.595. The summed E-state index contributed by atoms with van der Waals surface area (Å²) in [4.78, 5) is 11.1. The van der Waals surface area contributed by atoms with Crippen LogP contribution in [0.25, 0.3) is 0 Å². The molecule has 0 bridgehead atoms. The first kappa shape index (κ1) is 7.73. The van der Waals surface area contributed by atoms with E-state index in [1.165, 1.54) is 0 Å². The number of hydrogen-bond acceptors (Lipinski definition) is 2. The second-order valence-electron chi connectivity index (χ2n) is 3.06. The molecule has 0 aliphatic heterocycles. The Kier molecular flexibility index (Phi) is 2.44. The monoisotopic (exact) mass is 142 g/mol. The maximum atomic E-state index is 11.1. The third-order valence-corrected chi connectivity index (χ3v) is 2.18. The molecule has 58 valence electrons. The van der Waals surface area contributed by atoms with Crippen LogP contribution < -0.4 is 0 Å². The Morgan fingerprint density at radius 1 is 1.60 bits per heavy atom. The Hall–Kier alpha value is -0.370. The molecule has 10 heavy (non-hydrogen) atoms. The Labute approximate surface area is 61.2 Å². The zero-order chi connectivity index (χ0) is 7.56. The van der Waals surface area contributed by atoms with Crippen LogP contribution in [0.3, 0.4) is 0 Å². The standard InChI is InChI=1S/C8H14O2/c1-6(9)7-4-2-3-5-8(7)10/h6-7,9H,2-5H2,1H3/t6-,7-/m0/s1. The average molecular weight is 142 g/mol. The number of hydrogen-bond donors (Lipinski definition) is 1. The van der Waals surface area contributed by atoms with E-state index in [9.17, 15) is 4.79 Å². The van der Waals surface area contributed by atoms with Gasteiger partial charge in [0, 0.05) is 12.3 Å². The lowest BCUT2D eigenvalue weighted by Gasteiger charge is -2.22. The summed E-state index contributed by atoms with van der Waals surface area (Å²) in [5, 5.41) is 9.13. The summed E-state index contributed by atoms with van der Waals surface area (Å²) in [6.45, 7) is 1.70. The van der Waals surface area contributed by atoms with E-state index in [1.54, 1.807) is 6.92 Å². The first-order valence-corrected chi connectivity index (χ1v) is 3.92. The number of carbonyl (C=O) groups excluding carboxylic acids is 1. The topological polar surface area (TPSA) is 37.3 Å². The van der Waals surface area contributed by atoms with Crippen molar-refractivity contribution >= 4 is 5.78 Å². The van der Waals surface area contributed by atoms with Crippen molar-refractivity contribution in [3.05, 3.63) is 0 Å². The van der Waals surface area contributed by atoms with E-state index in [0.29, 0.717) is 6.42 Å². The highest BCUT2D eigenvalue weighted by Gasteiger charge is 2.25. The molecule has 0 heterocycles. The van der Waals surface area contributed by atoms with Gasteiger partial charge >= 0.3 is 0 Å². The third-order valence-electron chi connectivity index (χ3n) is 2.18. The van der Waals surface area contributed by atoms with Crippen LogP contribution >= 0.6 is 0 Å². The van der Waals surface area contributed by atoms with Crippen LogP contribution in [0.15, 0.2) is 0 Å². The molecule has 0 spiro atoms. The predicted octanol–water partition coefficient (Wildman–Crippen LogP) is 1.13. The van der Waals surface area contributed by atoms with Crippen molar-refractivity contribution in [1.82, 2.24) is 0 Å². The highest BCUT2D eigenvalue weighted by molar-refractivity contribution is 5.82. The highest BCUT2D eigenvalue weighted by atomic mass is 16.3. The summed E-state index contributed by atoms with van der Waals surface area (Å²) in [6.07, 6.45) is 3.24. The molecule has 0 aromatic heterocycles. The van der Waals surface area contributed by atoms with Crippen LogP contribution in [-0.2, 0) is 4.79 Å². The van der Waals surface area contributed by atoms with Crippen molar-refractivity contribution in [2.45, 2.75) is 38.7 Å². The molecule has 2 atom stereocenters. The Balaban J connectivity index is 2.48. The zero-order valence-corrected chi connectivity index (χ0v) is 6.34. The second-order valence-corrected chi connectivity index (χ2v) is 3.06. The van der Waals surface area contributed by atoms with Gasteiger partial charge in [-0.15, -0.1) is 0 Å². The number of aliphatic hydroxyl groups excluding tert-OH is 1. The van der Waals surface area contributed by atoms with Gasteiger partial charge in [-0.25, -0.2) is 0 Å². The van der Waals surface area contributed by atoms with E-state index in [4.69, 9.17) is 5.11 Å². The Morgan fingerprint density at radius 2 is 2.30 bits per heavy atom. The largest absolute Gasteiger partial charge is 0.393 e. The molecule has 1 fully saturated rings. The fourth-order valence-electron chi connectivity index (χ4n) is 1.52. The van der Waals surface area contributed by atoms with Crippen LogP contribution in [-0.4, -0.2) is 17.0 Å². The molecular weight excluding hydrogens is 128 g/mol. The van der Waals surface area contributed by atoms with Gasteiger partial charge in [0.2, 0.25) is 0 Å². The smallest absolute Gasteiger partial charge is 0.138 e. The van der Waals surface area contributed by atoms with Crippen molar-refractivity contribution in [3.8, 4) is 0 Å². The predicted molar refractivity (Wildman–Crippen MR) is 38.6 cm³/mol. The minimum Gasteiger partial charge on any atom is -0.393 e. The van der Waals surface area contributed by atoms with Crippen molar-refractivity contribution in [1.29, 1.82) is 0 Å². The minimum atomic E-state index is -0.437. The Bertz CT molecular complexity index is 129. The molecule has 1 saturated carbocycles. The van der Waals surface area contributed by atoms with Crippen LogP contribution in [0.1, 0.15) is 32.6 Å². The molecule has 0 saturated heterocycles. The summed E-state index contributed by atoms with van der Waals surface area (Å²) in [5.41, 5.74) is 0. The maximum absolute atomic E-state index is 11.1. The molecule has 0 amide bonds. The SMILES string of the molecule is C[C@H](O)[C@@H]1CCCCC1=O. The normalized spacial score (nSPS) is 30.2. The van der Waals surface area contributed by atoms with Gasteiger partial charge in [-0.2, -0.15) is 0 Å². The highest BCUT2D eigenvalue weighted by Crippen LogP contribution is 2.22. The fourth-order valence-corrected chi connectivity index (χ4v) is 1.52. The number of rotatable bonds is 1. The van der Waals surface area contributed by atoms with Crippen molar-refractivity contribution in [3.63, 3.8) is 0 Å². The van der Waals surface area contributed by atoms with Gasteiger partial charge < -0.3 is 5.11 Å². The lowest BCUT2D eigenvalue weighted by atomic mass is 9.85. The molecule has 1 aliphatic carbocycles. The van der Waals surface area contributed by atoms with Gasteiger partial charge in [0.15, 0.2) is 0 Å². The van der Waals surface area contributed by atoms with E-state index in [-0.39, 0.29) is 11.7 Å². The summed E-state index contributed by atoms with van der Waals surface area (Å²) in [5.74, 6) is 0.190. The van der Waals surface area contributed by atoms with Gasteiger partial charge in [-0.3, -0.25) is 4.79 Å². The molecule has 1 N–H and O–H groups in total. The summed E-state index contributed by atoms with van der Waals surface area (Å²) in [6, 6.07) is 0. The molecule has 2 heteroatoms. The second kappa shape index (κ2) is 3.15. The van der Waals surface area contributed by atoms with Gasteiger partial charge in [0.05, 0.1) is 6.10 Å². The van der Waals surface area contributed by atoms with E-state index < -0.39 is 6.10 Å². The molecule has 1 aliphatic rings. The average Bonchev–Trinajstić information content (AvgIpc) is 1.88. The third kappa shape index (κ3) is 1.57. The summed E-state index contributed by atoms with van der Waals surface area (Å²) < 4.78 is 0. The van der Waals surface area contributed by atoms with Crippen LogP contribution in [0.2, 0.25) is 0 Å². The molecule has 1 rings (SSSR count). The lowest BCUT2D eigenvalue weighted by molar-refractivity contribution is -0.127. The molecular formula is C8H14O2. The zero-order valence-electron chi connectivity index (χ0n) is 6.34. The van der Waals surface area contributed by atoms with Crippen LogP contribution in [0.4, 0.5) is 0 Å². The minimum absolute atomic E-state index is 0.0613. The first-order chi connectivity index (χ1) is 4.72. The van der Waals surface area contributed by atoms with Crippen molar-refractivity contribution in [2.24, 2.45) is 5.92 Å². The van der Waals surface area contributed by atoms with E-state index in [0.717, 1.165) is 19.3 Å². The van der Waals surface area contributed by atoms with E-state index in [2.05, 4.69) is 0 Å². The van der Waals surface area contributed by atoms with Crippen molar-refractivity contribution in [2.75, 3.05) is 0 Å². The van der Waals surface area contributed by atoms with Crippen molar-refractivity contribution < 1.29 is 9.90 Å². The number of aliphatic hydroxyl groups is 1. The fraction of sp³-hybridized carbons (Fsp3) is 0.875. The van der Waals surface area contributed by atoms with Crippen LogP contribution in [0, 0.1) is 5.92 Å². The summed E-state index contributed by atoms with van der Waals surface area (Å²) in [7, 11) is 0. The van der Waals surface area contributed by atoms with Gasteiger partial charge in [0.25, 0.3) is 0 Å². The van der Waals surface area contributed by atoms with Gasteiger partial charge in [0.1, 0.15) is 5.78 Å². The number of ketones is 1. The maximum Gasteiger partial charge on any atom is 0.138 e. The number of carbonyl (C=O) groups is 1. The van der Waals surface area contributed by atoms with Crippen LogP contribution in [0.5, 0.6) is 0 Å². The number of Topliss-reactive ketones (excluding diaryl/α,β-unsaturated/α-hetero) is 1. The summed E-state index contributed by atoms with van der Waals surface area (Å²) >= 11 is 0. The molecule has 2 nitrogen and oxygen atoms in total. The lowest BCUT2D eigenvalue weighted by Crippen LogP contribution is -2.28. The molecule has 0 aromatic rings. The first-order valence-electron chi connectivity index (χ1n) is 3.92. The molecule has 0 unspecified atom stereocenters. The molecule has 0 aromatic carbocycles. The Morgan fingerprint density at radius 3 is 2.70 bits per heavy atom. The van der Waals surface area contributed by atoms with E-state index in [1.807, 2.05) is 0 Å². The molecule has 0 radical (unpaired) electrons. The van der Waals surface area contributed by atoms with E-state index >= 15 is 0 Å². The van der Waals surface area contributed by atoms with Gasteiger partial charge in [-0.1, -0.05) is 6.42 Å². The van der Waals surface area contributed by atoms with Gasteiger partial charge in [-0.05, 0) is 19.8 Å².